The van der Waals surface area contributed by atoms with Crippen LogP contribution in [0.15, 0.2) is 36.7 Å². The molecule has 1 saturated heterocycles. The summed E-state index contributed by atoms with van der Waals surface area (Å²) in [6.07, 6.45) is 7.18. The van der Waals surface area contributed by atoms with Crippen LogP contribution < -0.4 is 10.1 Å². The lowest BCUT2D eigenvalue weighted by molar-refractivity contribution is -0.136. The molecule has 5 rings (SSSR count). The van der Waals surface area contributed by atoms with Crippen molar-refractivity contribution in [3.8, 4) is 5.75 Å². The SMILES string of the molecule is COc1ccc([C@H]2OCCC34C[C@@H](C[C@H]23)C(C)(C)[C@H]4NC(C)=O)cc1Cn1cccn1. The third kappa shape index (κ3) is 3.18. The number of aromatic nitrogens is 2. The Morgan fingerprint density at radius 3 is 2.94 bits per heavy atom. The molecule has 6 heteroatoms. The number of carbonyl (C=O) groups excluding carboxylic acids is 1. The first kappa shape index (κ1) is 20.6. The summed E-state index contributed by atoms with van der Waals surface area (Å²) in [4.78, 5) is 12.1. The van der Waals surface area contributed by atoms with Crippen molar-refractivity contribution in [2.75, 3.05) is 13.7 Å². The summed E-state index contributed by atoms with van der Waals surface area (Å²) in [5, 5.41) is 7.71. The molecule has 166 valence electrons. The van der Waals surface area contributed by atoms with Gasteiger partial charge in [0.2, 0.25) is 5.91 Å². The summed E-state index contributed by atoms with van der Waals surface area (Å²) in [5.41, 5.74) is 2.55. The van der Waals surface area contributed by atoms with Gasteiger partial charge < -0.3 is 14.8 Å². The highest BCUT2D eigenvalue weighted by atomic mass is 16.5. The first-order valence-electron chi connectivity index (χ1n) is 11.4. The van der Waals surface area contributed by atoms with Crippen LogP contribution in [0.5, 0.6) is 5.75 Å². The fourth-order valence-electron chi connectivity index (χ4n) is 6.99. The summed E-state index contributed by atoms with van der Waals surface area (Å²) in [7, 11) is 1.71. The molecule has 0 radical (unpaired) electrons. The maximum Gasteiger partial charge on any atom is 0.217 e. The van der Waals surface area contributed by atoms with Gasteiger partial charge >= 0.3 is 0 Å². The zero-order valence-electron chi connectivity index (χ0n) is 18.9. The summed E-state index contributed by atoms with van der Waals surface area (Å²) < 4.78 is 14.0. The lowest BCUT2D eigenvalue weighted by atomic mass is 9.59. The minimum atomic E-state index is 0.0494. The molecule has 1 N–H and O–H groups in total. The molecule has 3 aliphatic rings. The van der Waals surface area contributed by atoms with E-state index < -0.39 is 0 Å². The van der Waals surface area contributed by atoms with Crippen LogP contribution >= 0.6 is 0 Å². The molecule has 5 atom stereocenters. The predicted molar refractivity (Wildman–Crippen MR) is 118 cm³/mol. The Hall–Kier alpha value is -2.34. The molecule has 1 aliphatic heterocycles. The summed E-state index contributed by atoms with van der Waals surface area (Å²) in [6, 6.07) is 8.58. The Morgan fingerprint density at radius 1 is 1.39 bits per heavy atom. The first-order valence-corrected chi connectivity index (χ1v) is 11.4. The molecule has 2 saturated carbocycles. The van der Waals surface area contributed by atoms with Crippen LogP contribution in [0, 0.1) is 22.7 Å². The lowest BCUT2D eigenvalue weighted by Gasteiger charge is -2.53. The summed E-state index contributed by atoms with van der Waals surface area (Å²) >= 11 is 0. The van der Waals surface area contributed by atoms with Crippen molar-refractivity contribution in [1.82, 2.24) is 15.1 Å². The van der Waals surface area contributed by atoms with Crippen molar-refractivity contribution in [2.24, 2.45) is 22.7 Å². The van der Waals surface area contributed by atoms with Gasteiger partial charge in [-0.1, -0.05) is 19.9 Å². The minimum absolute atomic E-state index is 0.0494. The predicted octanol–water partition coefficient (Wildman–Crippen LogP) is 3.96. The molecule has 31 heavy (non-hydrogen) atoms. The van der Waals surface area contributed by atoms with E-state index in [1.807, 2.05) is 16.9 Å². The van der Waals surface area contributed by atoms with Crippen molar-refractivity contribution >= 4 is 5.91 Å². The maximum absolute atomic E-state index is 12.1. The van der Waals surface area contributed by atoms with Crippen LogP contribution in [-0.4, -0.2) is 35.4 Å². The molecule has 2 aromatic rings. The first-order chi connectivity index (χ1) is 14.8. The zero-order chi connectivity index (χ0) is 21.8. The minimum Gasteiger partial charge on any atom is -0.496 e. The average Bonchev–Trinajstić information content (AvgIpc) is 3.43. The van der Waals surface area contributed by atoms with Gasteiger partial charge in [-0.15, -0.1) is 0 Å². The molecule has 1 spiro atoms. The highest BCUT2D eigenvalue weighted by Crippen LogP contribution is 2.70. The van der Waals surface area contributed by atoms with E-state index >= 15 is 0 Å². The fraction of sp³-hybridized carbons (Fsp3) is 0.600. The number of ether oxygens (including phenoxy) is 2. The average molecular weight is 424 g/mol. The highest BCUT2D eigenvalue weighted by molar-refractivity contribution is 5.73. The number of rotatable bonds is 5. The second kappa shape index (κ2) is 7.37. The van der Waals surface area contributed by atoms with Crippen LogP contribution in [-0.2, 0) is 16.1 Å². The van der Waals surface area contributed by atoms with Crippen molar-refractivity contribution in [3.05, 3.63) is 47.8 Å². The number of carbonyl (C=O) groups is 1. The highest BCUT2D eigenvalue weighted by Gasteiger charge is 2.68. The molecule has 1 aromatic carbocycles. The van der Waals surface area contributed by atoms with Crippen LogP contribution in [0.25, 0.3) is 0 Å². The smallest absolute Gasteiger partial charge is 0.217 e. The molecular formula is C25H33N3O3. The number of hydrogen-bond acceptors (Lipinski definition) is 4. The van der Waals surface area contributed by atoms with Crippen LogP contribution in [0.3, 0.4) is 0 Å². The Morgan fingerprint density at radius 2 is 2.23 bits per heavy atom. The van der Waals surface area contributed by atoms with E-state index in [1.54, 1.807) is 20.2 Å². The van der Waals surface area contributed by atoms with E-state index in [2.05, 4.69) is 42.5 Å². The van der Waals surface area contributed by atoms with Crippen molar-refractivity contribution < 1.29 is 14.3 Å². The third-order valence-corrected chi connectivity index (χ3v) is 8.38. The Bertz CT molecular complexity index is 970. The lowest BCUT2D eigenvalue weighted by Crippen LogP contribution is -2.58. The van der Waals surface area contributed by atoms with E-state index in [-0.39, 0.29) is 28.9 Å². The number of fused-ring (bicyclic) bond motifs is 1. The Kier molecular flexibility index (Phi) is 4.88. The quantitative estimate of drug-likeness (QED) is 0.791. The molecule has 6 nitrogen and oxygen atoms in total. The van der Waals surface area contributed by atoms with Gasteiger partial charge in [-0.05, 0) is 65.7 Å². The largest absolute Gasteiger partial charge is 0.496 e. The molecular weight excluding hydrogens is 390 g/mol. The second-order valence-electron chi connectivity index (χ2n) is 10.2. The Balaban J connectivity index is 1.49. The van der Waals surface area contributed by atoms with Crippen molar-refractivity contribution in [3.63, 3.8) is 0 Å². The van der Waals surface area contributed by atoms with Gasteiger partial charge in [0.25, 0.3) is 0 Å². The standard InChI is InChI=1S/C25H33N3O3/c1-16(29)27-23-24(2,3)19-13-20-22(31-11-8-25(20,23)14-19)17-6-7-21(30-4)18(12-17)15-28-10-5-9-26-28/h5-7,9-10,12,19-20,22-23H,8,11,13-15H2,1-4H3,(H,27,29)/t19-,20-,22-,23-,25?/m1/s1. The van der Waals surface area contributed by atoms with E-state index in [1.165, 1.54) is 12.0 Å². The number of benzene rings is 1. The van der Waals surface area contributed by atoms with Gasteiger partial charge in [0, 0.05) is 37.5 Å². The van der Waals surface area contributed by atoms with Gasteiger partial charge in [0.1, 0.15) is 5.75 Å². The Labute approximate surface area is 184 Å². The normalized spacial score (nSPS) is 33.2. The van der Waals surface area contributed by atoms with E-state index in [4.69, 9.17) is 9.47 Å². The van der Waals surface area contributed by atoms with Crippen molar-refractivity contribution in [2.45, 2.75) is 58.7 Å². The van der Waals surface area contributed by atoms with Crippen LogP contribution in [0.1, 0.15) is 57.3 Å². The number of amides is 1. The monoisotopic (exact) mass is 423 g/mol. The van der Waals surface area contributed by atoms with Gasteiger partial charge in [0.15, 0.2) is 0 Å². The zero-order valence-corrected chi connectivity index (χ0v) is 18.9. The number of hydrogen-bond donors (Lipinski definition) is 1. The summed E-state index contributed by atoms with van der Waals surface area (Å²) in [5.74, 6) is 1.98. The fourth-order valence-corrected chi connectivity index (χ4v) is 6.99. The topological polar surface area (TPSA) is 65.4 Å². The number of methoxy groups -OCH3 is 1. The number of nitrogens with zero attached hydrogens (tertiary/aromatic N) is 2. The molecule has 2 aliphatic carbocycles. The van der Waals surface area contributed by atoms with Crippen molar-refractivity contribution in [1.29, 1.82) is 0 Å². The third-order valence-electron chi connectivity index (χ3n) is 8.38. The van der Waals surface area contributed by atoms with Crippen LogP contribution in [0.2, 0.25) is 0 Å². The van der Waals surface area contributed by atoms with Crippen LogP contribution in [0.4, 0.5) is 0 Å². The van der Waals surface area contributed by atoms with E-state index in [0.717, 1.165) is 30.8 Å². The van der Waals surface area contributed by atoms with E-state index in [9.17, 15) is 4.79 Å². The summed E-state index contributed by atoms with van der Waals surface area (Å²) in [6.45, 7) is 7.72. The maximum atomic E-state index is 12.1. The van der Waals surface area contributed by atoms with Gasteiger partial charge in [-0.3, -0.25) is 9.48 Å². The van der Waals surface area contributed by atoms with Gasteiger partial charge in [-0.2, -0.15) is 5.10 Å². The molecule has 1 aromatic heterocycles. The molecule has 2 bridgehead atoms. The van der Waals surface area contributed by atoms with Gasteiger partial charge in [0.05, 0.1) is 19.8 Å². The number of nitrogens with one attached hydrogen (secondary N) is 1. The molecule has 1 amide bonds. The van der Waals surface area contributed by atoms with E-state index in [0.29, 0.717) is 18.4 Å². The molecule has 2 heterocycles. The van der Waals surface area contributed by atoms with Gasteiger partial charge in [-0.25, -0.2) is 0 Å². The molecule has 1 unspecified atom stereocenters. The second-order valence-corrected chi connectivity index (χ2v) is 10.2. The molecule has 3 fully saturated rings.